The third kappa shape index (κ3) is 3.32. The molecule has 5 nitrogen and oxygen atoms in total. The summed E-state index contributed by atoms with van der Waals surface area (Å²) in [7, 11) is 1.87. The maximum atomic E-state index is 12.3. The van der Waals surface area contributed by atoms with Crippen molar-refractivity contribution < 1.29 is 4.79 Å². The number of fused-ring (bicyclic) bond motifs is 1. The minimum absolute atomic E-state index is 0.0598. The molecule has 0 spiro atoms. The van der Waals surface area contributed by atoms with E-state index in [2.05, 4.69) is 22.2 Å². The summed E-state index contributed by atoms with van der Waals surface area (Å²) in [6.07, 6.45) is 2.42. The number of carbonyl (C=O) groups is 1. The van der Waals surface area contributed by atoms with Crippen LogP contribution in [-0.4, -0.2) is 29.5 Å². The number of nitrogens with zero attached hydrogens (tertiary/aromatic N) is 3. The van der Waals surface area contributed by atoms with Crippen molar-refractivity contribution in [3.05, 3.63) is 47.6 Å². The number of hydrogen-bond acceptors (Lipinski definition) is 5. The first kappa shape index (κ1) is 15.4. The Labute approximate surface area is 139 Å². The number of hydrogen-bond donors (Lipinski definition) is 1. The standard InChI is InChI=1S/C17H18N4OS/c1-3-12-6-4-5-7-14(12)20-15(22)10-21(2)16-13-8-9-23-17(13)19-11-18-16/h4-9,11H,3,10H2,1-2H3,(H,20,22). The molecule has 1 aromatic carbocycles. The van der Waals surface area contributed by atoms with E-state index in [0.29, 0.717) is 0 Å². The Kier molecular flexibility index (Phi) is 4.52. The van der Waals surface area contributed by atoms with Crippen LogP contribution < -0.4 is 10.2 Å². The third-order valence-electron chi connectivity index (χ3n) is 3.66. The molecule has 0 aliphatic carbocycles. The van der Waals surface area contributed by atoms with Gasteiger partial charge in [0.15, 0.2) is 0 Å². The quantitative estimate of drug-likeness (QED) is 0.781. The van der Waals surface area contributed by atoms with Gasteiger partial charge in [-0.05, 0) is 29.5 Å². The molecule has 118 valence electrons. The number of benzene rings is 1. The lowest BCUT2D eigenvalue weighted by atomic mass is 10.1. The first-order valence-electron chi connectivity index (χ1n) is 7.46. The highest BCUT2D eigenvalue weighted by Crippen LogP contribution is 2.25. The van der Waals surface area contributed by atoms with Gasteiger partial charge in [0.25, 0.3) is 0 Å². The van der Waals surface area contributed by atoms with Crippen LogP contribution in [0.5, 0.6) is 0 Å². The van der Waals surface area contributed by atoms with Gasteiger partial charge in [-0.1, -0.05) is 25.1 Å². The van der Waals surface area contributed by atoms with Crippen LogP contribution in [0.4, 0.5) is 11.5 Å². The van der Waals surface area contributed by atoms with Gasteiger partial charge in [-0.15, -0.1) is 11.3 Å². The van der Waals surface area contributed by atoms with Crippen molar-refractivity contribution in [2.24, 2.45) is 0 Å². The number of amides is 1. The van der Waals surface area contributed by atoms with Gasteiger partial charge in [0.2, 0.25) is 5.91 Å². The molecule has 1 amide bonds. The molecule has 1 N–H and O–H groups in total. The SMILES string of the molecule is CCc1ccccc1NC(=O)CN(C)c1ncnc2sccc12. The molecule has 3 rings (SSSR count). The second kappa shape index (κ2) is 6.75. The Morgan fingerprint density at radius 2 is 2.09 bits per heavy atom. The zero-order valence-corrected chi connectivity index (χ0v) is 13.9. The number of carbonyl (C=O) groups excluding carboxylic acids is 1. The van der Waals surface area contributed by atoms with Crippen LogP contribution in [0.25, 0.3) is 10.2 Å². The molecule has 2 aromatic heterocycles. The van der Waals surface area contributed by atoms with Crippen LogP contribution in [0, 0.1) is 0 Å². The maximum absolute atomic E-state index is 12.3. The Hall–Kier alpha value is -2.47. The summed E-state index contributed by atoms with van der Waals surface area (Å²) in [5.41, 5.74) is 2.00. The summed E-state index contributed by atoms with van der Waals surface area (Å²) < 4.78 is 0. The molecular formula is C17H18N4OS. The number of rotatable bonds is 5. The Morgan fingerprint density at radius 3 is 2.91 bits per heavy atom. The molecule has 0 fully saturated rings. The van der Waals surface area contributed by atoms with Crippen molar-refractivity contribution in [1.29, 1.82) is 0 Å². The molecule has 0 saturated heterocycles. The van der Waals surface area contributed by atoms with E-state index in [1.165, 1.54) is 6.33 Å². The van der Waals surface area contributed by atoms with Gasteiger partial charge in [0.1, 0.15) is 17.0 Å². The predicted octanol–water partition coefficient (Wildman–Crippen LogP) is 3.33. The molecule has 2 heterocycles. The lowest BCUT2D eigenvalue weighted by molar-refractivity contribution is -0.114. The van der Waals surface area contributed by atoms with Crippen molar-refractivity contribution in [2.45, 2.75) is 13.3 Å². The summed E-state index contributed by atoms with van der Waals surface area (Å²) in [4.78, 5) is 23.7. The van der Waals surface area contributed by atoms with Gasteiger partial charge in [0, 0.05) is 12.7 Å². The van der Waals surface area contributed by atoms with Gasteiger partial charge < -0.3 is 10.2 Å². The molecule has 0 atom stereocenters. The fourth-order valence-electron chi connectivity index (χ4n) is 2.51. The minimum Gasteiger partial charge on any atom is -0.350 e. The van der Waals surface area contributed by atoms with E-state index in [9.17, 15) is 4.79 Å². The van der Waals surface area contributed by atoms with E-state index in [1.807, 2.05) is 47.7 Å². The van der Waals surface area contributed by atoms with Crippen LogP contribution in [0.2, 0.25) is 0 Å². The first-order valence-corrected chi connectivity index (χ1v) is 8.34. The van der Waals surface area contributed by atoms with Gasteiger partial charge in [0.05, 0.1) is 11.9 Å². The number of aromatic nitrogens is 2. The molecule has 3 aromatic rings. The van der Waals surface area contributed by atoms with Crippen molar-refractivity contribution in [1.82, 2.24) is 9.97 Å². The smallest absolute Gasteiger partial charge is 0.243 e. The van der Waals surface area contributed by atoms with Crippen molar-refractivity contribution >= 4 is 39.0 Å². The lowest BCUT2D eigenvalue weighted by Crippen LogP contribution is -2.31. The Morgan fingerprint density at radius 1 is 1.26 bits per heavy atom. The second-order valence-corrected chi connectivity index (χ2v) is 6.15. The molecule has 0 bridgehead atoms. The number of likely N-dealkylation sites (N-methyl/N-ethyl adjacent to an activating group) is 1. The van der Waals surface area contributed by atoms with Gasteiger partial charge in [-0.3, -0.25) is 4.79 Å². The van der Waals surface area contributed by atoms with E-state index in [4.69, 9.17) is 0 Å². The number of anilines is 2. The summed E-state index contributed by atoms with van der Waals surface area (Å²) in [5.74, 6) is 0.713. The number of para-hydroxylation sites is 1. The van der Waals surface area contributed by atoms with Gasteiger partial charge in [-0.2, -0.15) is 0 Å². The Balaban J connectivity index is 1.74. The zero-order valence-electron chi connectivity index (χ0n) is 13.1. The summed E-state index contributed by atoms with van der Waals surface area (Å²) >= 11 is 1.57. The van der Waals surface area contributed by atoms with Crippen molar-refractivity contribution in [3.63, 3.8) is 0 Å². The Bertz CT molecular complexity index is 830. The molecule has 6 heteroatoms. The minimum atomic E-state index is -0.0598. The first-order chi connectivity index (χ1) is 11.2. The summed E-state index contributed by atoms with van der Waals surface area (Å²) in [6.45, 7) is 2.31. The van der Waals surface area contributed by atoms with Crippen LogP contribution in [0.15, 0.2) is 42.0 Å². The van der Waals surface area contributed by atoms with E-state index in [-0.39, 0.29) is 12.5 Å². The summed E-state index contributed by atoms with van der Waals surface area (Å²) in [6, 6.07) is 9.85. The monoisotopic (exact) mass is 326 g/mol. The fraction of sp³-hybridized carbons (Fsp3) is 0.235. The van der Waals surface area contributed by atoms with Crippen LogP contribution in [-0.2, 0) is 11.2 Å². The molecule has 0 radical (unpaired) electrons. The fourth-order valence-corrected chi connectivity index (χ4v) is 3.24. The van der Waals surface area contributed by atoms with Gasteiger partial charge >= 0.3 is 0 Å². The molecule has 23 heavy (non-hydrogen) atoms. The number of thiophene rings is 1. The topological polar surface area (TPSA) is 58.1 Å². The van der Waals surface area contributed by atoms with Crippen molar-refractivity contribution in [3.8, 4) is 0 Å². The van der Waals surface area contributed by atoms with E-state index >= 15 is 0 Å². The van der Waals surface area contributed by atoms with Gasteiger partial charge in [-0.25, -0.2) is 9.97 Å². The molecule has 0 aliphatic rings. The third-order valence-corrected chi connectivity index (χ3v) is 4.48. The normalized spacial score (nSPS) is 10.7. The molecule has 0 aliphatic heterocycles. The van der Waals surface area contributed by atoms with E-state index in [0.717, 1.165) is 33.7 Å². The predicted molar refractivity (Wildman–Crippen MR) is 95.1 cm³/mol. The van der Waals surface area contributed by atoms with E-state index in [1.54, 1.807) is 11.3 Å². The highest BCUT2D eigenvalue weighted by Gasteiger charge is 2.13. The highest BCUT2D eigenvalue weighted by molar-refractivity contribution is 7.16. The second-order valence-electron chi connectivity index (χ2n) is 5.25. The highest BCUT2D eigenvalue weighted by atomic mass is 32.1. The summed E-state index contributed by atoms with van der Waals surface area (Å²) in [5, 5.41) is 5.94. The molecule has 0 unspecified atom stereocenters. The van der Waals surface area contributed by atoms with Crippen molar-refractivity contribution in [2.75, 3.05) is 23.8 Å². The average Bonchev–Trinajstić information content (AvgIpc) is 3.03. The zero-order chi connectivity index (χ0) is 16.2. The molecular weight excluding hydrogens is 308 g/mol. The largest absolute Gasteiger partial charge is 0.350 e. The van der Waals surface area contributed by atoms with Crippen LogP contribution in [0.1, 0.15) is 12.5 Å². The van der Waals surface area contributed by atoms with E-state index < -0.39 is 0 Å². The average molecular weight is 326 g/mol. The van der Waals surface area contributed by atoms with Crippen LogP contribution >= 0.6 is 11.3 Å². The van der Waals surface area contributed by atoms with Crippen LogP contribution in [0.3, 0.4) is 0 Å². The molecule has 0 saturated carbocycles. The lowest BCUT2D eigenvalue weighted by Gasteiger charge is -2.18. The maximum Gasteiger partial charge on any atom is 0.243 e. The number of nitrogens with one attached hydrogen (secondary N) is 1. The number of aryl methyl sites for hydroxylation is 1.